The Balaban J connectivity index is 1.69. The van der Waals surface area contributed by atoms with Crippen molar-refractivity contribution in [2.24, 2.45) is 0 Å². The van der Waals surface area contributed by atoms with Crippen LogP contribution >= 0.6 is 0 Å². The molecular formula is C17H13FN2O. The van der Waals surface area contributed by atoms with Crippen LogP contribution in [0.4, 0.5) is 4.39 Å². The minimum absolute atomic E-state index is 0.193. The van der Waals surface area contributed by atoms with Crippen LogP contribution in [0.1, 0.15) is 11.1 Å². The largest absolute Gasteiger partial charge is 0.439 e. The van der Waals surface area contributed by atoms with Gasteiger partial charge in [0.1, 0.15) is 12.1 Å². The zero-order valence-corrected chi connectivity index (χ0v) is 11.2. The summed E-state index contributed by atoms with van der Waals surface area (Å²) < 4.78 is 18.4. The first-order valence-corrected chi connectivity index (χ1v) is 6.58. The lowest BCUT2D eigenvalue weighted by Crippen LogP contribution is -1.92. The fourth-order valence-corrected chi connectivity index (χ4v) is 2.00. The average Bonchev–Trinajstić information content (AvgIpc) is 2.50. The molecule has 3 rings (SSSR count). The van der Waals surface area contributed by atoms with Crippen LogP contribution in [0.25, 0.3) is 0 Å². The summed E-state index contributed by atoms with van der Waals surface area (Å²) in [5, 5.41) is 0. The van der Waals surface area contributed by atoms with E-state index in [4.69, 9.17) is 4.74 Å². The molecule has 104 valence electrons. The van der Waals surface area contributed by atoms with Crippen LogP contribution in [0, 0.1) is 5.95 Å². The van der Waals surface area contributed by atoms with E-state index in [1.165, 1.54) is 11.1 Å². The van der Waals surface area contributed by atoms with Gasteiger partial charge in [-0.15, -0.1) is 0 Å². The number of ether oxygens (including phenoxy) is 1. The maximum Gasteiger partial charge on any atom is 0.225 e. The molecule has 0 aliphatic rings. The summed E-state index contributed by atoms with van der Waals surface area (Å²) in [5.74, 6) is 0.198. The number of hydrogen-bond acceptors (Lipinski definition) is 3. The summed E-state index contributed by atoms with van der Waals surface area (Å²) in [6.07, 6.45) is 2.00. The van der Waals surface area contributed by atoms with E-state index in [9.17, 15) is 4.39 Å². The van der Waals surface area contributed by atoms with Gasteiger partial charge >= 0.3 is 0 Å². The van der Waals surface area contributed by atoms with E-state index in [1.54, 1.807) is 0 Å². The molecular weight excluding hydrogens is 267 g/mol. The van der Waals surface area contributed by atoms with E-state index in [0.717, 1.165) is 18.8 Å². The Morgan fingerprint density at radius 2 is 1.57 bits per heavy atom. The molecule has 0 bridgehead atoms. The number of hydrogen-bond donors (Lipinski definition) is 0. The highest BCUT2D eigenvalue weighted by atomic mass is 19.1. The number of halogens is 1. The van der Waals surface area contributed by atoms with Gasteiger partial charge in [-0.05, 0) is 29.7 Å². The van der Waals surface area contributed by atoms with E-state index in [2.05, 4.69) is 22.1 Å². The summed E-state index contributed by atoms with van der Waals surface area (Å²) in [5.41, 5.74) is 2.44. The molecule has 0 saturated heterocycles. The minimum Gasteiger partial charge on any atom is -0.439 e. The molecule has 0 saturated carbocycles. The Morgan fingerprint density at radius 3 is 2.29 bits per heavy atom. The lowest BCUT2D eigenvalue weighted by Gasteiger charge is -2.06. The van der Waals surface area contributed by atoms with Crippen LogP contribution in [0.2, 0.25) is 0 Å². The summed E-state index contributed by atoms with van der Waals surface area (Å²) in [6, 6.07) is 19.0. The molecule has 21 heavy (non-hydrogen) atoms. The SMILES string of the molecule is Fc1cc(Oc2ccc(Cc3ccccc3)cc2)ncn1. The van der Waals surface area contributed by atoms with Crippen molar-refractivity contribution in [2.45, 2.75) is 6.42 Å². The Bertz CT molecular complexity index is 714. The van der Waals surface area contributed by atoms with Gasteiger partial charge in [0.25, 0.3) is 0 Å². The Kier molecular flexibility index (Phi) is 3.87. The van der Waals surface area contributed by atoms with Crippen LogP contribution in [-0.2, 0) is 6.42 Å². The third kappa shape index (κ3) is 3.63. The molecule has 0 N–H and O–H groups in total. The maximum absolute atomic E-state index is 12.9. The number of rotatable bonds is 4. The molecule has 0 fully saturated rings. The highest BCUT2D eigenvalue weighted by molar-refractivity contribution is 5.33. The topological polar surface area (TPSA) is 35.0 Å². The van der Waals surface area contributed by atoms with E-state index in [1.807, 2.05) is 42.5 Å². The smallest absolute Gasteiger partial charge is 0.225 e. The number of benzene rings is 2. The maximum atomic E-state index is 12.9. The summed E-state index contributed by atoms with van der Waals surface area (Å²) >= 11 is 0. The molecule has 1 heterocycles. The zero-order valence-electron chi connectivity index (χ0n) is 11.2. The first-order valence-electron chi connectivity index (χ1n) is 6.58. The van der Waals surface area contributed by atoms with Crippen molar-refractivity contribution in [2.75, 3.05) is 0 Å². The lowest BCUT2D eigenvalue weighted by atomic mass is 10.1. The fourth-order valence-electron chi connectivity index (χ4n) is 2.00. The minimum atomic E-state index is -0.610. The van der Waals surface area contributed by atoms with Gasteiger partial charge in [-0.1, -0.05) is 42.5 Å². The Hall–Kier alpha value is -2.75. The van der Waals surface area contributed by atoms with Gasteiger partial charge in [-0.2, -0.15) is 4.39 Å². The van der Waals surface area contributed by atoms with Crippen molar-refractivity contribution < 1.29 is 9.13 Å². The van der Waals surface area contributed by atoms with E-state index in [-0.39, 0.29) is 5.88 Å². The molecule has 0 unspecified atom stereocenters. The molecule has 0 atom stereocenters. The molecule has 4 heteroatoms. The number of nitrogens with zero attached hydrogens (tertiary/aromatic N) is 2. The first kappa shape index (κ1) is 13.2. The molecule has 3 nitrogen and oxygen atoms in total. The number of aromatic nitrogens is 2. The van der Waals surface area contributed by atoms with Gasteiger partial charge in [0.05, 0.1) is 6.07 Å². The van der Waals surface area contributed by atoms with Gasteiger partial charge in [0, 0.05) is 0 Å². The van der Waals surface area contributed by atoms with Gasteiger partial charge < -0.3 is 4.74 Å². The second kappa shape index (κ2) is 6.13. The van der Waals surface area contributed by atoms with Crippen molar-refractivity contribution in [3.63, 3.8) is 0 Å². The molecule has 0 spiro atoms. The lowest BCUT2D eigenvalue weighted by molar-refractivity contribution is 0.450. The van der Waals surface area contributed by atoms with Gasteiger partial charge in [-0.25, -0.2) is 9.97 Å². The second-order valence-electron chi connectivity index (χ2n) is 4.59. The zero-order chi connectivity index (χ0) is 14.5. The van der Waals surface area contributed by atoms with Gasteiger partial charge in [0.2, 0.25) is 11.8 Å². The molecule has 0 radical (unpaired) electrons. The quantitative estimate of drug-likeness (QED) is 0.677. The average molecular weight is 280 g/mol. The van der Waals surface area contributed by atoms with Crippen molar-refractivity contribution >= 4 is 0 Å². The predicted molar refractivity (Wildman–Crippen MR) is 77.8 cm³/mol. The van der Waals surface area contributed by atoms with E-state index < -0.39 is 5.95 Å². The molecule has 1 aromatic heterocycles. The van der Waals surface area contributed by atoms with Crippen molar-refractivity contribution in [1.82, 2.24) is 9.97 Å². The molecule has 0 aliphatic heterocycles. The summed E-state index contributed by atoms with van der Waals surface area (Å²) in [6.45, 7) is 0. The highest BCUT2D eigenvalue weighted by Gasteiger charge is 2.02. The standard InChI is InChI=1S/C17H13FN2O/c18-16-11-17(20-12-19-16)21-15-8-6-14(7-9-15)10-13-4-2-1-3-5-13/h1-9,11-12H,10H2. The van der Waals surface area contributed by atoms with Crippen LogP contribution < -0.4 is 4.74 Å². The van der Waals surface area contributed by atoms with Crippen LogP contribution in [0.5, 0.6) is 11.6 Å². The Labute approximate surface area is 122 Å². The highest BCUT2D eigenvalue weighted by Crippen LogP contribution is 2.20. The molecule has 0 aliphatic carbocycles. The summed E-state index contributed by atoms with van der Waals surface area (Å²) in [7, 11) is 0. The second-order valence-corrected chi connectivity index (χ2v) is 4.59. The van der Waals surface area contributed by atoms with Gasteiger partial charge in [-0.3, -0.25) is 0 Å². The predicted octanol–water partition coefficient (Wildman–Crippen LogP) is 4.00. The molecule has 0 amide bonds. The van der Waals surface area contributed by atoms with Crippen LogP contribution in [-0.4, -0.2) is 9.97 Å². The third-order valence-electron chi connectivity index (χ3n) is 3.01. The first-order chi connectivity index (χ1) is 10.3. The normalized spacial score (nSPS) is 10.3. The van der Waals surface area contributed by atoms with Crippen molar-refractivity contribution in [1.29, 1.82) is 0 Å². The van der Waals surface area contributed by atoms with Crippen molar-refractivity contribution in [3.05, 3.63) is 84.1 Å². The van der Waals surface area contributed by atoms with E-state index in [0.29, 0.717) is 5.75 Å². The van der Waals surface area contributed by atoms with Crippen LogP contribution in [0.15, 0.2) is 67.0 Å². The van der Waals surface area contributed by atoms with Crippen LogP contribution in [0.3, 0.4) is 0 Å². The monoisotopic (exact) mass is 280 g/mol. The van der Waals surface area contributed by atoms with Crippen molar-refractivity contribution in [3.8, 4) is 11.6 Å². The molecule has 3 aromatic rings. The third-order valence-corrected chi connectivity index (χ3v) is 3.01. The fraction of sp³-hybridized carbons (Fsp3) is 0.0588. The summed E-state index contributed by atoms with van der Waals surface area (Å²) in [4.78, 5) is 7.24. The Morgan fingerprint density at radius 1 is 0.857 bits per heavy atom. The van der Waals surface area contributed by atoms with E-state index >= 15 is 0 Å². The molecule has 2 aromatic carbocycles. The van der Waals surface area contributed by atoms with Gasteiger partial charge in [0.15, 0.2) is 0 Å².